The van der Waals surface area contributed by atoms with Crippen LogP contribution in [0.15, 0.2) is 41.1 Å². The molecule has 116 valence electrons. The molecule has 1 N–H and O–H groups in total. The van der Waals surface area contributed by atoms with Crippen LogP contribution < -0.4 is 4.74 Å². The van der Waals surface area contributed by atoms with Crippen LogP contribution in [0.25, 0.3) is 33.4 Å². The van der Waals surface area contributed by atoms with Gasteiger partial charge in [-0.05, 0) is 24.3 Å². The van der Waals surface area contributed by atoms with Crippen LogP contribution in [0.5, 0.6) is 5.75 Å². The zero-order valence-electron chi connectivity index (χ0n) is 13.3. The van der Waals surface area contributed by atoms with Gasteiger partial charge in [0.25, 0.3) is 0 Å². The van der Waals surface area contributed by atoms with E-state index in [0.29, 0.717) is 5.92 Å². The van der Waals surface area contributed by atoms with E-state index in [-0.39, 0.29) is 0 Å². The summed E-state index contributed by atoms with van der Waals surface area (Å²) in [6, 6.07) is 7.89. The molecule has 0 unspecified atom stereocenters. The highest BCUT2D eigenvalue weighted by atomic mass is 16.5. The molecule has 5 heteroatoms. The molecule has 4 aromatic rings. The molecule has 3 aromatic heterocycles. The van der Waals surface area contributed by atoms with Crippen molar-refractivity contribution < 1.29 is 9.15 Å². The van der Waals surface area contributed by atoms with Crippen molar-refractivity contribution in [3.8, 4) is 17.1 Å². The van der Waals surface area contributed by atoms with Gasteiger partial charge in [0, 0.05) is 23.1 Å². The predicted molar refractivity (Wildman–Crippen MR) is 89.7 cm³/mol. The third kappa shape index (κ3) is 2.16. The van der Waals surface area contributed by atoms with Crippen LogP contribution >= 0.6 is 0 Å². The number of methoxy groups -OCH3 is 1. The van der Waals surface area contributed by atoms with E-state index in [4.69, 9.17) is 9.15 Å². The second-order valence-corrected chi connectivity index (χ2v) is 5.84. The number of hydrogen-bond donors (Lipinski definition) is 1. The molecule has 0 aliphatic heterocycles. The Balaban J connectivity index is 1.99. The van der Waals surface area contributed by atoms with Gasteiger partial charge in [-0.25, -0.2) is 4.98 Å². The molecule has 0 saturated carbocycles. The van der Waals surface area contributed by atoms with Gasteiger partial charge in [-0.3, -0.25) is 4.98 Å². The molecule has 1 aromatic carbocycles. The molecule has 4 rings (SSSR count). The van der Waals surface area contributed by atoms with Gasteiger partial charge in [0.2, 0.25) is 0 Å². The summed E-state index contributed by atoms with van der Waals surface area (Å²) in [5.74, 6) is 2.77. The molecular weight excluding hydrogens is 290 g/mol. The monoisotopic (exact) mass is 307 g/mol. The summed E-state index contributed by atoms with van der Waals surface area (Å²) in [6.45, 7) is 4.22. The molecule has 3 heterocycles. The SMILES string of the molecule is COc1ccc(-c2nc3ccncc3[nH]2)c2cc(C(C)C)oc12. The number of aromatic amines is 1. The lowest BCUT2D eigenvalue weighted by Gasteiger charge is -2.03. The van der Waals surface area contributed by atoms with Crippen molar-refractivity contribution in [1.82, 2.24) is 15.0 Å². The Bertz CT molecular complexity index is 965. The second kappa shape index (κ2) is 5.12. The normalized spacial score (nSPS) is 11.7. The Morgan fingerprint density at radius 3 is 2.83 bits per heavy atom. The first-order valence-corrected chi connectivity index (χ1v) is 7.58. The summed E-state index contributed by atoms with van der Waals surface area (Å²) in [5, 5.41) is 1.00. The number of hydrogen-bond acceptors (Lipinski definition) is 4. The maximum absolute atomic E-state index is 6.01. The van der Waals surface area contributed by atoms with Gasteiger partial charge in [-0.2, -0.15) is 0 Å². The summed E-state index contributed by atoms with van der Waals surface area (Å²) >= 11 is 0. The molecule has 0 aliphatic rings. The second-order valence-electron chi connectivity index (χ2n) is 5.84. The Hall–Kier alpha value is -2.82. The van der Waals surface area contributed by atoms with Crippen LogP contribution in [0, 0.1) is 0 Å². The maximum atomic E-state index is 6.01. The van der Waals surface area contributed by atoms with Crippen molar-refractivity contribution in [2.24, 2.45) is 0 Å². The number of benzene rings is 1. The highest BCUT2D eigenvalue weighted by molar-refractivity contribution is 5.97. The molecule has 5 nitrogen and oxygen atoms in total. The standard InChI is InChI=1S/C18H17N3O2/c1-10(2)16-8-12-11(4-5-15(22-3)17(12)23-16)18-20-13-6-7-19-9-14(13)21-18/h4-10H,1-3H3,(H,20,21). The van der Waals surface area contributed by atoms with Gasteiger partial charge < -0.3 is 14.1 Å². The molecule has 23 heavy (non-hydrogen) atoms. The number of imidazole rings is 1. The summed E-state index contributed by atoms with van der Waals surface area (Å²) in [7, 11) is 1.65. The van der Waals surface area contributed by atoms with E-state index in [1.165, 1.54) is 0 Å². The number of ether oxygens (including phenoxy) is 1. The fourth-order valence-corrected chi connectivity index (χ4v) is 2.75. The molecule has 0 spiro atoms. The number of aromatic nitrogens is 3. The van der Waals surface area contributed by atoms with Crippen molar-refractivity contribution >= 4 is 22.0 Å². The fraction of sp³-hybridized carbons (Fsp3) is 0.222. The van der Waals surface area contributed by atoms with Crippen molar-refractivity contribution in [2.75, 3.05) is 7.11 Å². The van der Waals surface area contributed by atoms with Crippen LogP contribution in [0.3, 0.4) is 0 Å². The van der Waals surface area contributed by atoms with Crippen LogP contribution in [0.1, 0.15) is 25.5 Å². The summed E-state index contributed by atoms with van der Waals surface area (Å²) in [5.41, 5.74) is 3.56. The number of H-pyrrole nitrogens is 1. The van der Waals surface area contributed by atoms with Gasteiger partial charge in [-0.15, -0.1) is 0 Å². The van der Waals surface area contributed by atoms with E-state index in [1.807, 2.05) is 18.2 Å². The Kier molecular flexibility index (Phi) is 3.08. The molecular formula is C18H17N3O2. The van der Waals surface area contributed by atoms with E-state index in [2.05, 4.69) is 34.9 Å². The third-order valence-corrected chi connectivity index (χ3v) is 3.99. The summed E-state index contributed by atoms with van der Waals surface area (Å²) < 4.78 is 11.4. The Morgan fingerprint density at radius 1 is 1.22 bits per heavy atom. The topological polar surface area (TPSA) is 63.9 Å². The largest absolute Gasteiger partial charge is 0.493 e. The summed E-state index contributed by atoms with van der Waals surface area (Å²) in [4.78, 5) is 12.1. The van der Waals surface area contributed by atoms with Gasteiger partial charge in [0.1, 0.15) is 11.6 Å². The lowest BCUT2D eigenvalue weighted by molar-refractivity contribution is 0.406. The zero-order valence-corrected chi connectivity index (χ0v) is 13.3. The number of pyridine rings is 1. The molecule has 0 bridgehead atoms. The highest BCUT2D eigenvalue weighted by Crippen LogP contribution is 2.37. The summed E-state index contributed by atoms with van der Waals surface area (Å²) in [6.07, 6.45) is 3.52. The number of nitrogens with one attached hydrogen (secondary N) is 1. The minimum Gasteiger partial charge on any atom is -0.493 e. The van der Waals surface area contributed by atoms with Crippen molar-refractivity contribution in [3.63, 3.8) is 0 Å². The highest BCUT2D eigenvalue weighted by Gasteiger charge is 2.17. The first-order valence-electron chi connectivity index (χ1n) is 7.58. The van der Waals surface area contributed by atoms with Crippen LogP contribution in [0.2, 0.25) is 0 Å². The van der Waals surface area contributed by atoms with E-state index >= 15 is 0 Å². The average molecular weight is 307 g/mol. The minimum atomic E-state index is 0.305. The van der Waals surface area contributed by atoms with Crippen molar-refractivity contribution in [3.05, 3.63) is 42.4 Å². The number of nitrogens with zero attached hydrogens (tertiary/aromatic N) is 2. The molecule has 0 fully saturated rings. The van der Waals surface area contributed by atoms with Crippen LogP contribution in [-0.2, 0) is 0 Å². The van der Waals surface area contributed by atoms with Gasteiger partial charge in [0.15, 0.2) is 11.3 Å². The first-order chi connectivity index (χ1) is 11.2. The zero-order chi connectivity index (χ0) is 16.0. The van der Waals surface area contributed by atoms with Gasteiger partial charge in [-0.1, -0.05) is 13.8 Å². The van der Waals surface area contributed by atoms with E-state index in [0.717, 1.165) is 44.9 Å². The molecule has 0 amide bonds. The first kappa shape index (κ1) is 13.8. The average Bonchev–Trinajstić information content (AvgIpc) is 3.18. The molecule has 0 aliphatic carbocycles. The maximum Gasteiger partial charge on any atom is 0.176 e. The molecule has 0 saturated heterocycles. The van der Waals surface area contributed by atoms with E-state index in [9.17, 15) is 0 Å². The Labute approximate surface area is 133 Å². The number of fused-ring (bicyclic) bond motifs is 2. The lowest BCUT2D eigenvalue weighted by Crippen LogP contribution is -1.86. The van der Waals surface area contributed by atoms with Crippen molar-refractivity contribution in [2.45, 2.75) is 19.8 Å². The van der Waals surface area contributed by atoms with Gasteiger partial charge in [0.05, 0.1) is 24.3 Å². The van der Waals surface area contributed by atoms with Gasteiger partial charge >= 0.3 is 0 Å². The van der Waals surface area contributed by atoms with E-state index < -0.39 is 0 Å². The Morgan fingerprint density at radius 2 is 2.09 bits per heavy atom. The lowest BCUT2D eigenvalue weighted by atomic mass is 10.1. The fourth-order valence-electron chi connectivity index (χ4n) is 2.75. The smallest absolute Gasteiger partial charge is 0.176 e. The van der Waals surface area contributed by atoms with E-state index in [1.54, 1.807) is 19.5 Å². The predicted octanol–water partition coefficient (Wildman–Crippen LogP) is 4.50. The van der Waals surface area contributed by atoms with Crippen molar-refractivity contribution in [1.29, 1.82) is 0 Å². The number of rotatable bonds is 3. The third-order valence-electron chi connectivity index (χ3n) is 3.99. The minimum absolute atomic E-state index is 0.305. The number of furan rings is 1. The molecule has 0 atom stereocenters. The van der Waals surface area contributed by atoms with Crippen LogP contribution in [-0.4, -0.2) is 22.1 Å². The van der Waals surface area contributed by atoms with Crippen LogP contribution in [0.4, 0.5) is 0 Å². The molecule has 0 radical (unpaired) electrons. The quantitative estimate of drug-likeness (QED) is 0.605.